The van der Waals surface area contributed by atoms with Crippen LogP contribution in [0.2, 0.25) is 0 Å². The number of nitrogens with one attached hydrogen (secondary N) is 1. The molecule has 140 valence electrons. The van der Waals surface area contributed by atoms with Crippen LogP contribution in [0, 0.1) is 5.92 Å². The number of alkyl halides is 3. The third-order valence-corrected chi connectivity index (χ3v) is 4.10. The van der Waals surface area contributed by atoms with E-state index in [2.05, 4.69) is 29.9 Å². The molecule has 3 heterocycles. The fourth-order valence-electron chi connectivity index (χ4n) is 2.68. The predicted molar refractivity (Wildman–Crippen MR) is 83.9 cm³/mol. The molecule has 8 nitrogen and oxygen atoms in total. The Hall–Kier alpha value is -2.72. The minimum atomic E-state index is -4.69. The molecule has 1 fully saturated rings. The first-order chi connectivity index (χ1) is 12.3. The Labute approximate surface area is 146 Å². The summed E-state index contributed by atoms with van der Waals surface area (Å²) in [6.07, 6.45) is -0.155. The number of anilines is 1. The summed E-state index contributed by atoms with van der Waals surface area (Å²) in [6.45, 7) is 3.63. The Morgan fingerprint density at radius 1 is 1.31 bits per heavy atom. The van der Waals surface area contributed by atoms with Gasteiger partial charge in [-0.2, -0.15) is 18.2 Å². The molecule has 1 N–H and O–H groups in total. The van der Waals surface area contributed by atoms with E-state index in [-0.39, 0.29) is 17.3 Å². The van der Waals surface area contributed by atoms with Crippen LogP contribution in [0.1, 0.15) is 25.7 Å². The molecule has 0 unspecified atom stereocenters. The maximum Gasteiger partial charge on any atom is 0.471 e. The van der Waals surface area contributed by atoms with Gasteiger partial charge >= 0.3 is 12.1 Å². The van der Waals surface area contributed by atoms with Crippen LogP contribution in [-0.2, 0) is 11.0 Å². The molecule has 26 heavy (non-hydrogen) atoms. The van der Waals surface area contributed by atoms with Gasteiger partial charge in [0.15, 0.2) is 0 Å². The van der Waals surface area contributed by atoms with E-state index in [4.69, 9.17) is 0 Å². The van der Waals surface area contributed by atoms with E-state index >= 15 is 0 Å². The number of hydrogen-bond acceptors (Lipinski definition) is 7. The van der Waals surface area contributed by atoms with Crippen molar-refractivity contribution in [1.29, 1.82) is 0 Å². The second kappa shape index (κ2) is 7.26. The van der Waals surface area contributed by atoms with Gasteiger partial charge in [0.1, 0.15) is 0 Å². The van der Waals surface area contributed by atoms with Crippen molar-refractivity contribution in [3.63, 3.8) is 0 Å². The van der Waals surface area contributed by atoms with Crippen LogP contribution >= 0.6 is 0 Å². The minimum absolute atomic E-state index is 0.0403. The Balaban J connectivity index is 1.60. The predicted octanol–water partition coefficient (Wildman–Crippen LogP) is 1.90. The maximum atomic E-state index is 12.5. The number of amides is 1. The van der Waals surface area contributed by atoms with Crippen molar-refractivity contribution in [3.05, 3.63) is 18.3 Å². The topological polar surface area (TPSA) is 97.0 Å². The van der Waals surface area contributed by atoms with Crippen molar-refractivity contribution < 1.29 is 22.5 Å². The van der Waals surface area contributed by atoms with Crippen LogP contribution in [0.4, 0.5) is 19.1 Å². The lowest BCUT2D eigenvalue weighted by molar-refractivity contribution is -0.159. The van der Waals surface area contributed by atoms with Crippen molar-refractivity contribution in [1.82, 2.24) is 25.4 Å². The standard InChI is InChI=1S/C15H17F3N6O2/c1-9(25)19-6-10-2-4-24(5-3-10)14-20-7-11(8-21-14)12-22-13(26-23-12)15(16,17)18/h7-8,10H,2-6H2,1H3,(H,19,25). The molecule has 0 saturated carbocycles. The van der Waals surface area contributed by atoms with E-state index in [9.17, 15) is 18.0 Å². The van der Waals surface area contributed by atoms with Gasteiger partial charge in [-0.1, -0.05) is 5.16 Å². The van der Waals surface area contributed by atoms with Crippen LogP contribution in [0.25, 0.3) is 11.4 Å². The lowest BCUT2D eigenvalue weighted by atomic mass is 9.97. The first kappa shape index (κ1) is 18.1. The largest absolute Gasteiger partial charge is 0.471 e. The highest BCUT2D eigenvalue weighted by molar-refractivity contribution is 5.72. The summed E-state index contributed by atoms with van der Waals surface area (Å²) in [5.74, 6) is -0.752. The molecular formula is C15H17F3N6O2. The minimum Gasteiger partial charge on any atom is -0.356 e. The molecule has 0 atom stereocenters. The second-order valence-electron chi connectivity index (χ2n) is 6.06. The third kappa shape index (κ3) is 4.27. The zero-order chi connectivity index (χ0) is 18.7. The van der Waals surface area contributed by atoms with Gasteiger partial charge in [0.2, 0.25) is 17.7 Å². The van der Waals surface area contributed by atoms with Gasteiger partial charge in [-0.05, 0) is 18.8 Å². The average molecular weight is 370 g/mol. The van der Waals surface area contributed by atoms with Crippen LogP contribution in [0.3, 0.4) is 0 Å². The van der Waals surface area contributed by atoms with E-state index < -0.39 is 12.1 Å². The fourth-order valence-corrected chi connectivity index (χ4v) is 2.68. The summed E-state index contributed by atoms with van der Waals surface area (Å²) in [4.78, 5) is 24.6. The SMILES string of the molecule is CC(=O)NCC1CCN(c2ncc(-c3noc(C(F)(F)F)n3)cn2)CC1. The van der Waals surface area contributed by atoms with E-state index in [1.807, 2.05) is 4.90 Å². The average Bonchev–Trinajstić information content (AvgIpc) is 3.11. The first-order valence-corrected chi connectivity index (χ1v) is 8.05. The van der Waals surface area contributed by atoms with Crippen molar-refractivity contribution in [3.8, 4) is 11.4 Å². The molecule has 0 radical (unpaired) electrons. The van der Waals surface area contributed by atoms with E-state index in [1.165, 1.54) is 19.3 Å². The highest BCUT2D eigenvalue weighted by Gasteiger charge is 2.38. The summed E-state index contributed by atoms with van der Waals surface area (Å²) in [6, 6.07) is 0. The van der Waals surface area contributed by atoms with E-state index in [0.29, 0.717) is 18.4 Å². The van der Waals surface area contributed by atoms with Gasteiger partial charge in [0.05, 0.1) is 5.56 Å². The number of carbonyl (C=O) groups is 1. The molecule has 2 aromatic rings. The Bertz CT molecular complexity index is 753. The molecule has 3 rings (SSSR count). The molecule has 0 bridgehead atoms. The zero-order valence-corrected chi connectivity index (χ0v) is 14.0. The zero-order valence-electron chi connectivity index (χ0n) is 14.0. The van der Waals surface area contributed by atoms with Gasteiger partial charge < -0.3 is 14.7 Å². The number of nitrogens with zero attached hydrogens (tertiary/aromatic N) is 5. The van der Waals surface area contributed by atoms with Crippen LogP contribution < -0.4 is 10.2 Å². The van der Waals surface area contributed by atoms with Crippen molar-refractivity contribution in [2.45, 2.75) is 25.9 Å². The molecule has 1 amide bonds. The van der Waals surface area contributed by atoms with Gasteiger partial charge in [0.25, 0.3) is 0 Å². The molecule has 1 aliphatic rings. The summed E-state index contributed by atoms with van der Waals surface area (Å²) < 4.78 is 41.7. The molecule has 0 aromatic carbocycles. The van der Waals surface area contributed by atoms with Crippen molar-refractivity contribution in [2.75, 3.05) is 24.5 Å². The van der Waals surface area contributed by atoms with E-state index in [1.54, 1.807) is 0 Å². The van der Waals surface area contributed by atoms with Crippen LogP contribution in [0.5, 0.6) is 0 Å². The highest BCUT2D eigenvalue weighted by Crippen LogP contribution is 2.29. The van der Waals surface area contributed by atoms with Gasteiger partial charge in [-0.25, -0.2) is 9.97 Å². The first-order valence-electron chi connectivity index (χ1n) is 8.05. The van der Waals surface area contributed by atoms with Gasteiger partial charge in [-0.3, -0.25) is 4.79 Å². The number of carbonyl (C=O) groups excluding carboxylic acids is 1. The molecule has 0 aliphatic carbocycles. The summed E-state index contributed by atoms with van der Waals surface area (Å²) >= 11 is 0. The summed E-state index contributed by atoms with van der Waals surface area (Å²) in [7, 11) is 0. The number of rotatable bonds is 4. The Morgan fingerprint density at radius 3 is 2.50 bits per heavy atom. The molecule has 1 aliphatic heterocycles. The number of hydrogen-bond donors (Lipinski definition) is 1. The second-order valence-corrected chi connectivity index (χ2v) is 6.06. The summed E-state index contributed by atoms with van der Waals surface area (Å²) in [5, 5.41) is 6.12. The smallest absolute Gasteiger partial charge is 0.356 e. The van der Waals surface area contributed by atoms with Crippen LogP contribution in [0.15, 0.2) is 16.9 Å². The quantitative estimate of drug-likeness (QED) is 0.878. The molecule has 0 spiro atoms. The Kier molecular flexibility index (Phi) is 5.05. The fraction of sp³-hybridized carbons (Fsp3) is 0.533. The van der Waals surface area contributed by atoms with Crippen LogP contribution in [-0.4, -0.2) is 45.7 Å². The number of halogens is 3. The Morgan fingerprint density at radius 2 is 1.96 bits per heavy atom. The van der Waals surface area contributed by atoms with E-state index in [0.717, 1.165) is 25.9 Å². The highest BCUT2D eigenvalue weighted by atomic mass is 19.4. The van der Waals surface area contributed by atoms with Crippen molar-refractivity contribution in [2.24, 2.45) is 5.92 Å². The monoisotopic (exact) mass is 370 g/mol. The van der Waals surface area contributed by atoms with Crippen molar-refractivity contribution >= 4 is 11.9 Å². The third-order valence-electron chi connectivity index (χ3n) is 4.10. The van der Waals surface area contributed by atoms with Gasteiger partial charge in [-0.15, -0.1) is 0 Å². The lowest BCUT2D eigenvalue weighted by Gasteiger charge is -2.31. The normalized spacial score (nSPS) is 15.9. The summed E-state index contributed by atoms with van der Waals surface area (Å²) in [5.41, 5.74) is 0.244. The maximum absolute atomic E-state index is 12.5. The molecular weight excluding hydrogens is 353 g/mol. The van der Waals surface area contributed by atoms with Gasteiger partial charge in [0, 0.05) is 39.0 Å². The molecule has 1 saturated heterocycles. The number of piperidine rings is 1. The molecule has 2 aromatic heterocycles. The number of aromatic nitrogens is 4. The molecule has 11 heteroatoms. The lowest BCUT2D eigenvalue weighted by Crippen LogP contribution is -2.38.